The maximum absolute atomic E-state index is 6.20. The predicted octanol–water partition coefficient (Wildman–Crippen LogP) is 3.67. The first-order valence-corrected chi connectivity index (χ1v) is 6.72. The summed E-state index contributed by atoms with van der Waals surface area (Å²) in [5.41, 5.74) is 2.19. The summed E-state index contributed by atoms with van der Waals surface area (Å²) in [5, 5.41) is 3.90. The lowest BCUT2D eigenvalue weighted by Crippen LogP contribution is -2.17. The van der Waals surface area contributed by atoms with Crippen molar-refractivity contribution in [3.63, 3.8) is 0 Å². The minimum atomic E-state index is 0.0495. The Balaban J connectivity index is 2.38. The second kappa shape index (κ2) is 6.64. The molecule has 0 heterocycles. The smallest absolute Gasteiger partial charge is 0.137 e. The fourth-order valence-electron chi connectivity index (χ4n) is 2.21. The Morgan fingerprint density at radius 3 is 2.35 bits per heavy atom. The summed E-state index contributed by atoms with van der Waals surface area (Å²) in [4.78, 5) is 0. The van der Waals surface area contributed by atoms with E-state index >= 15 is 0 Å². The van der Waals surface area contributed by atoms with E-state index in [1.165, 1.54) is 0 Å². The summed E-state index contributed by atoms with van der Waals surface area (Å²) < 4.78 is 10.5. The Kier molecular flexibility index (Phi) is 4.88. The van der Waals surface area contributed by atoms with Crippen LogP contribution in [0, 0.1) is 0 Å². The molecule has 0 aliphatic carbocycles. The average Bonchev–Trinajstić information content (AvgIpc) is 2.48. The van der Waals surface area contributed by atoms with Crippen molar-refractivity contribution in [1.82, 2.24) is 5.32 Å². The maximum atomic E-state index is 6.20. The third-order valence-corrected chi connectivity index (χ3v) is 3.52. The lowest BCUT2D eigenvalue weighted by molar-refractivity contribution is 0.413. The van der Waals surface area contributed by atoms with Gasteiger partial charge < -0.3 is 14.8 Å². The highest BCUT2D eigenvalue weighted by atomic mass is 35.5. The predicted molar refractivity (Wildman–Crippen MR) is 81.9 cm³/mol. The van der Waals surface area contributed by atoms with Gasteiger partial charge in [-0.25, -0.2) is 0 Å². The number of hydrogen-bond acceptors (Lipinski definition) is 3. The summed E-state index contributed by atoms with van der Waals surface area (Å²) >= 11 is 6.20. The monoisotopic (exact) mass is 291 g/mol. The molecule has 0 radical (unpaired) electrons. The summed E-state index contributed by atoms with van der Waals surface area (Å²) in [6, 6.07) is 13.8. The van der Waals surface area contributed by atoms with E-state index in [2.05, 4.69) is 11.4 Å². The standard InChI is InChI=1S/C16H18ClNO2/c1-18-16(11-5-4-6-13(9-11)19-2)12-7-8-15(20-3)14(17)10-12/h4-10,16,18H,1-3H3. The molecule has 0 aromatic heterocycles. The van der Waals surface area contributed by atoms with Gasteiger partial charge in [0.05, 0.1) is 25.3 Å². The van der Waals surface area contributed by atoms with Crippen molar-refractivity contribution in [3.05, 3.63) is 58.6 Å². The van der Waals surface area contributed by atoms with E-state index in [1.54, 1.807) is 14.2 Å². The zero-order valence-corrected chi connectivity index (χ0v) is 12.6. The van der Waals surface area contributed by atoms with E-state index in [1.807, 2.05) is 43.4 Å². The molecule has 1 N–H and O–H groups in total. The van der Waals surface area contributed by atoms with Crippen molar-refractivity contribution < 1.29 is 9.47 Å². The van der Waals surface area contributed by atoms with Gasteiger partial charge in [0.2, 0.25) is 0 Å². The molecule has 0 aliphatic rings. The van der Waals surface area contributed by atoms with E-state index in [4.69, 9.17) is 21.1 Å². The summed E-state index contributed by atoms with van der Waals surface area (Å²) in [6.07, 6.45) is 0. The number of methoxy groups -OCH3 is 2. The molecule has 0 aliphatic heterocycles. The normalized spacial score (nSPS) is 12.0. The Hall–Kier alpha value is -1.71. The summed E-state index contributed by atoms with van der Waals surface area (Å²) in [6.45, 7) is 0. The molecule has 2 aromatic carbocycles. The van der Waals surface area contributed by atoms with Crippen LogP contribution >= 0.6 is 11.6 Å². The first-order chi connectivity index (χ1) is 9.69. The average molecular weight is 292 g/mol. The molecule has 20 heavy (non-hydrogen) atoms. The molecule has 1 unspecified atom stereocenters. The van der Waals surface area contributed by atoms with Crippen molar-refractivity contribution in [2.24, 2.45) is 0 Å². The topological polar surface area (TPSA) is 30.5 Å². The fourth-order valence-corrected chi connectivity index (χ4v) is 2.48. The molecule has 0 bridgehead atoms. The molecular formula is C16H18ClNO2. The number of hydrogen-bond donors (Lipinski definition) is 1. The summed E-state index contributed by atoms with van der Waals surface area (Å²) in [7, 11) is 5.19. The highest BCUT2D eigenvalue weighted by Gasteiger charge is 2.14. The van der Waals surface area contributed by atoms with Crippen LogP contribution in [0.5, 0.6) is 11.5 Å². The highest BCUT2D eigenvalue weighted by Crippen LogP contribution is 2.31. The first kappa shape index (κ1) is 14.7. The zero-order chi connectivity index (χ0) is 14.5. The molecule has 2 aromatic rings. The van der Waals surface area contributed by atoms with Crippen molar-refractivity contribution in [1.29, 1.82) is 0 Å². The molecule has 2 rings (SSSR count). The van der Waals surface area contributed by atoms with Crippen LogP contribution < -0.4 is 14.8 Å². The van der Waals surface area contributed by atoms with Crippen LogP contribution in [0.2, 0.25) is 5.02 Å². The van der Waals surface area contributed by atoms with Gasteiger partial charge >= 0.3 is 0 Å². The molecule has 106 valence electrons. The minimum absolute atomic E-state index is 0.0495. The van der Waals surface area contributed by atoms with Gasteiger partial charge in [0, 0.05) is 0 Å². The molecule has 0 saturated heterocycles. The highest BCUT2D eigenvalue weighted by molar-refractivity contribution is 6.32. The largest absolute Gasteiger partial charge is 0.497 e. The van der Waals surface area contributed by atoms with Gasteiger partial charge in [-0.15, -0.1) is 0 Å². The van der Waals surface area contributed by atoms with E-state index in [0.29, 0.717) is 10.8 Å². The van der Waals surface area contributed by atoms with Gasteiger partial charge in [-0.05, 0) is 42.4 Å². The van der Waals surface area contributed by atoms with Crippen molar-refractivity contribution >= 4 is 11.6 Å². The van der Waals surface area contributed by atoms with Gasteiger partial charge in [0.1, 0.15) is 11.5 Å². The van der Waals surface area contributed by atoms with Gasteiger partial charge in [-0.3, -0.25) is 0 Å². The summed E-state index contributed by atoms with van der Waals surface area (Å²) in [5.74, 6) is 1.51. The number of nitrogens with one attached hydrogen (secondary N) is 1. The van der Waals surface area contributed by atoms with Crippen LogP contribution in [-0.2, 0) is 0 Å². The molecule has 1 atom stereocenters. The van der Waals surface area contributed by atoms with Crippen LogP contribution in [0.15, 0.2) is 42.5 Å². The van der Waals surface area contributed by atoms with E-state index < -0.39 is 0 Å². The van der Waals surface area contributed by atoms with Crippen molar-refractivity contribution in [2.75, 3.05) is 21.3 Å². The second-order valence-corrected chi connectivity index (χ2v) is 4.80. The molecular weight excluding hydrogens is 274 g/mol. The second-order valence-electron chi connectivity index (χ2n) is 4.39. The van der Waals surface area contributed by atoms with Gasteiger partial charge in [0.25, 0.3) is 0 Å². The lowest BCUT2D eigenvalue weighted by atomic mass is 9.98. The van der Waals surface area contributed by atoms with Crippen molar-refractivity contribution in [2.45, 2.75) is 6.04 Å². The Morgan fingerprint density at radius 2 is 1.75 bits per heavy atom. The fraction of sp³-hybridized carbons (Fsp3) is 0.250. The number of ether oxygens (including phenoxy) is 2. The molecule has 0 amide bonds. The molecule has 4 heteroatoms. The Morgan fingerprint density at radius 1 is 1.00 bits per heavy atom. The third-order valence-electron chi connectivity index (χ3n) is 3.22. The van der Waals surface area contributed by atoms with E-state index in [0.717, 1.165) is 16.9 Å². The number of rotatable bonds is 5. The van der Waals surface area contributed by atoms with Crippen LogP contribution in [0.3, 0.4) is 0 Å². The van der Waals surface area contributed by atoms with Gasteiger partial charge in [-0.2, -0.15) is 0 Å². The van der Waals surface area contributed by atoms with Crippen LogP contribution in [0.4, 0.5) is 0 Å². The van der Waals surface area contributed by atoms with E-state index in [9.17, 15) is 0 Å². The zero-order valence-electron chi connectivity index (χ0n) is 11.8. The van der Waals surface area contributed by atoms with Crippen molar-refractivity contribution in [3.8, 4) is 11.5 Å². The molecule has 0 saturated carbocycles. The maximum Gasteiger partial charge on any atom is 0.137 e. The molecule has 3 nitrogen and oxygen atoms in total. The number of benzene rings is 2. The van der Waals surface area contributed by atoms with Crippen LogP contribution in [-0.4, -0.2) is 21.3 Å². The lowest BCUT2D eigenvalue weighted by Gasteiger charge is -2.19. The van der Waals surface area contributed by atoms with Crippen LogP contribution in [0.25, 0.3) is 0 Å². The quantitative estimate of drug-likeness (QED) is 0.912. The first-order valence-electron chi connectivity index (χ1n) is 6.34. The Bertz CT molecular complexity index is 586. The number of halogens is 1. The molecule has 0 spiro atoms. The van der Waals surface area contributed by atoms with E-state index in [-0.39, 0.29) is 6.04 Å². The Labute approximate surface area is 124 Å². The SMILES string of the molecule is CNC(c1cccc(OC)c1)c1ccc(OC)c(Cl)c1. The van der Waals surface area contributed by atoms with Crippen LogP contribution in [0.1, 0.15) is 17.2 Å². The van der Waals surface area contributed by atoms with Gasteiger partial charge in [-0.1, -0.05) is 29.8 Å². The van der Waals surface area contributed by atoms with Gasteiger partial charge in [0.15, 0.2) is 0 Å². The minimum Gasteiger partial charge on any atom is -0.497 e. The molecule has 0 fully saturated rings. The third kappa shape index (κ3) is 3.06.